The molecule has 1 fully saturated rings. The highest BCUT2D eigenvalue weighted by Crippen LogP contribution is 2.08. The zero-order chi connectivity index (χ0) is 11.1. The molecule has 4 nitrogen and oxygen atoms in total. The molecule has 84 valence electrons. The second kappa shape index (κ2) is 6.22. The molecule has 0 bridgehead atoms. The van der Waals surface area contributed by atoms with Gasteiger partial charge < -0.3 is 10.2 Å². The quantitative estimate of drug-likeness (QED) is 0.720. The Morgan fingerprint density at radius 3 is 3.00 bits per heavy atom. The Labute approximate surface area is 91.1 Å². The number of allylic oxidation sites excluding steroid dienone is 1. The highest BCUT2D eigenvalue weighted by atomic mass is 16.2. The molecule has 1 aliphatic rings. The number of nitrogens with one attached hydrogen (secondary N) is 1. The van der Waals surface area contributed by atoms with Crippen LogP contribution in [-0.4, -0.2) is 36.9 Å². The topological polar surface area (TPSA) is 44.7 Å². The van der Waals surface area contributed by atoms with Crippen molar-refractivity contribution in [1.29, 1.82) is 0 Å². The van der Waals surface area contributed by atoms with Gasteiger partial charge in [0.15, 0.2) is 0 Å². The lowest BCUT2D eigenvalue weighted by molar-refractivity contribution is 0.250. The van der Waals surface area contributed by atoms with Gasteiger partial charge in [0.2, 0.25) is 0 Å². The summed E-state index contributed by atoms with van der Waals surface area (Å²) in [5.74, 6) is 0.895. The number of likely N-dealkylation sites (tertiary alicyclic amines) is 1. The molecule has 1 N–H and O–H groups in total. The average Bonchev–Trinajstić information content (AvgIpc) is 2.59. The van der Waals surface area contributed by atoms with Gasteiger partial charge in [-0.2, -0.15) is 4.99 Å². The third-order valence-corrected chi connectivity index (χ3v) is 2.34. The number of carbonyl (C=O) groups is 1. The minimum absolute atomic E-state index is 0.237. The summed E-state index contributed by atoms with van der Waals surface area (Å²) in [6.45, 7) is 3.63. The van der Waals surface area contributed by atoms with Crippen LogP contribution in [0.2, 0.25) is 0 Å². The lowest BCUT2D eigenvalue weighted by Crippen LogP contribution is -2.25. The molecule has 15 heavy (non-hydrogen) atoms. The van der Waals surface area contributed by atoms with E-state index in [1.807, 2.05) is 24.1 Å². The largest absolute Gasteiger partial charge is 0.363 e. The molecule has 1 aliphatic heterocycles. The molecule has 1 saturated heterocycles. The highest BCUT2D eigenvalue weighted by Gasteiger charge is 2.14. The number of hydrogen-bond acceptors (Lipinski definition) is 1. The maximum Gasteiger partial charge on any atom is 0.342 e. The smallest absolute Gasteiger partial charge is 0.342 e. The van der Waals surface area contributed by atoms with Crippen molar-refractivity contribution >= 4 is 11.9 Å². The molecule has 0 atom stereocenters. The number of hydrogen-bond donors (Lipinski definition) is 1. The number of rotatable bonds is 3. The van der Waals surface area contributed by atoms with E-state index < -0.39 is 0 Å². The first-order valence-corrected chi connectivity index (χ1v) is 5.45. The van der Waals surface area contributed by atoms with Gasteiger partial charge in [-0.3, -0.25) is 0 Å². The van der Waals surface area contributed by atoms with Crippen molar-refractivity contribution in [2.24, 2.45) is 4.99 Å². The molecule has 1 heterocycles. The number of amidine groups is 1. The fourth-order valence-corrected chi connectivity index (χ4v) is 1.49. The fourth-order valence-electron chi connectivity index (χ4n) is 1.49. The zero-order valence-electron chi connectivity index (χ0n) is 9.49. The molecule has 0 aliphatic carbocycles. The van der Waals surface area contributed by atoms with Gasteiger partial charge in [-0.25, -0.2) is 4.79 Å². The van der Waals surface area contributed by atoms with E-state index in [1.54, 1.807) is 0 Å². The molecule has 0 unspecified atom stereocenters. The van der Waals surface area contributed by atoms with Crippen LogP contribution < -0.4 is 5.32 Å². The Kier molecular flexibility index (Phi) is 4.87. The summed E-state index contributed by atoms with van der Waals surface area (Å²) >= 11 is 0. The van der Waals surface area contributed by atoms with Gasteiger partial charge in [-0.15, -0.1) is 0 Å². The first kappa shape index (κ1) is 11.8. The van der Waals surface area contributed by atoms with E-state index in [2.05, 4.69) is 17.2 Å². The molecule has 0 aromatic heterocycles. The maximum absolute atomic E-state index is 11.3. The summed E-state index contributed by atoms with van der Waals surface area (Å²) in [5.41, 5.74) is 0. The summed E-state index contributed by atoms with van der Waals surface area (Å²) in [4.78, 5) is 17.4. The Bertz CT molecular complexity index is 271. The van der Waals surface area contributed by atoms with Crippen LogP contribution in [0.5, 0.6) is 0 Å². The first-order valence-electron chi connectivity index (χ1n) is 5.45. The van der Waals surface area contributed by atoms with Crippen molar-refractivity contribution in [2.45, 2.75) is 26.2 Å². The Hall–Kier alpha value is -1.32. The second-order valence-electron chi connectivity index (χ2n) is 3.62. The van der Waals surface area contributed by atoms with Crippen molar-refractivity contribution in [2.75, 3.05) is 20.1 Å². The summed E-state index contributed by atoms with van der Waals surface area (Å²) in [7, 11) is 1.97. The molecule has 0 spiro atoms. The van der Waals surface area contributed by atoms with E-state index in [0.717, 1.165) is 31.6 Å². The van der Waals surface area contributed by atoms with Gasteiger partial charge in [0.05, 0.1) is 0 Å². The van der Waals surface area contributed by atoms with Gasteiger partial charge in [0.25, 0.3) is 0 Å². The van der Waals surface area contributed by atoms with Gasteiger partial charge in [0, 0.05) is 26.6 Å². The van der Waals surface area contributed by atoms with Crippen LogP contribution in [0.1, 0.15) is 26.2 Å². The Balaban J connectivity index is 2.31. The third-order valence-electron chi connectivity index (χ3n) is 2.34. The van der Waals surface area contributed by atoms with E-state index in [0.29, 0.717) is 6.54 Å². The number of amides is 2. The van der Waals surface area contributed by atoms with Crippen LogP contribution in [0.3, 0.4) is 0 Å². The van der Waals surface area contributed by atoms with Crippen LogP contribution in [0, 0.1) is 0 Å². The van der Waals surface area contributed by atoms with E-state index in [1.165, 1.54) is 0 Å². The van der Waals surface area contributed by atoms with E-state index in [9.17, 15) is 4.79 Å². The van der Waals surface area contributed by atoms with Crippen molar-refractivity contribution in [1.82, 2.24) is 10.2 Å². The number of carbonyl (C=O) groups excluding carboxylic acids is 1. The molecule has 0 radical (unpaired) electrons. The van der Waals surface area contributed by atoms with Crippen molar-refractivity contribution in [3.63, 3.8) is 0 Å². The average molecular weight is 209 g/mol. The van der Waals surface area contributed by atoms with Crippen LogP contribution in [-0.2, 0) is 0 Å². The highest BCUT2D eigenvalue weighted by molar-refractivity contribution is 5.94. The lowest BCUT2D eigenvalue weighted by Gasteiger charge is -2.10. The Morgan fingerprint density at radius 2 is 2.40 bits per heavy atom. The normalized spacial score (nSPS) is 19.1. The van der Waals surface area contributed by atoms with Crippen molar-refractivity contribution in [3.8, 4) is 0 Å². The molecule has 0 saturated carbocycles. The predicted molar refractivity (Wildman–Crippen MR) is 62.1 cm³/mol. The van der Waals surface area contributed by atoms with E-state index in [4.69, 9.17) is 0 Å². The molecular formula is C11H19N3O. The fraction of sp³-hybridized carbons (Fsp3) is 0.636. The number of aliphatic imine (C=N–C) groups is 1. The summed E-state index contributed by atoms with van der Waals surface area (Å²) in [5, 5.41) is 2.72. The van der Waals surface area contributed by atoms with Crippen LogP contribution in [0.15, 0.2) is 17.1 Å². The van der Waals surface area contributed by atoms with Crippen molar-refractivity contribution in [3.05, 3.63) is 12.2 Å². The van der Waals surface area contributed by atoms with Gasteiger partial charge in [-0.05, 0) is 12.8 Å². The zero-order valence-corrected chi connectivity index (χ0v) is 9.49. The summed E-state index contributed by atoms with van der Waals surface area (Å²) in [6, 6.07) is -0.237. The standard InChI is InChI=1S/C11H19N3O/c1-3-4-5-8-12-11(15)13-10-7-6-9-14(10)2/h4-5H,3,6-9H2,1-2H3,(H,12,15). The first-order chi connectivity index (χ1) is 7.24. The number of urea groups is 1. The van der Waals surface area contributed by atoms with E-state index in [-0.39, 0.29) is 6.03 Å². The molecule has 1 rings (SSSR count). The third kappa shape index (κ3) is 4.14. The Morgan fingerprint density at radius 1 is 1.60 bits per heavy atom. The second-order valence-corrected chi connectivity index (χ2v) is 3.62. The van der Waals surface area contributed by atoms with Crippen LogP contribution >= 0.6 is 0 Å². The van der Waals surface area contributed by atoms with Crippen molar-refractivity contribution < 1.29 is 4.79 Å². The summed E-state index contributed by atoms with van der Waals surface area (Å²) < 4.78 is 0. The van der Waals surface area contributed by atoms with Gasteiger partial charge in [0.1, 0.15) is 5.84 Å². The van der Waals surface area contributed by atoms with Gasteiger partial charge in [-0.1, -0.05) is 19.1 Å². The van der Waals surface area contributed by atoms with Crippen LogP contribution in [0.25, 0.3) is 0 Å². The molecular weight excluding hydrogens is 190 g/mol. The molecule has 0 aromatic rings. The minimum Gasteiger partial charge on any atom is -0.363 e. The van der Waals surface area contributed by atoms with Crippen LogP contribution in [0.4, 0.5) is 4.79 Å². The predicted octanol–water partition coefficient (Wildman–Crippen LogP) is 1.79. The molecule has 4 heteroatoms. The lowest BCUT2D eigenvalue weighted by atomic mass is 10.4. The molecule has 0 aromatic carbocycles. The SMILES string of the molecule is CCC=CCNC(=O)N=C1CCCN1C. The van der Waals surface area contributed by atoms with E-state index >= 15 is 0 Å². The number of nitrogens with zero attached hydrogens (tertiary/aromatic N) is 2. The monoisotopic (exact) mass is 209 g/mol. The maximum atomic E-state index is 11.3. The minimum atomic E-state index is -0.237. The summed E-state index contributed by atoms with van der Waals surface area (Å²) in [6.07, 6.45) is 6.96. The molecule has 2 amide bonds. The van der Waals surface area contributed by atoms with Gasteiger partial charge >= 0.3 is 6.03 Å².